The Morgan fingerprint density at radius 3 is 2.64 bits per heavy atom. The van der Waals surface area contributed by atoms with Crippen LogP contribution < -0.4 is 0 Å². The standard InChI is InChI=1S/C10H7ClN2O/c11-8-3-1-7(2-4-8)9-5-12-13-10(9)6-14/h1-6H,(H,12,13). The highest BCUT2D eigenvalue weighted by atomic mass is 35.5. The highest BCUT2D eigenvalue weighted by Gasteiger charge is 2.05. The monoisotopic (exact) mass is 206 g/mol. The Hall–Kier alpha value is -1.61. The van der Waals surface area contributed by atoms with E-state index in [1.165, 1.54) is 0 Å². The van der Waals surface area contributed by atoms with E-state index >= 15 is 0 Å². The molecule has 0 saturated carbocycles. The lowest BCUT2D eigenvalue weighted by Gasteiger charge is -1.97. The number of aldehydes is 1. The van der Waals surface area contributed by atoms with Crippen LogP contribution in [0, 0.1) is 0 Å². The Balaban J connectivity index is 2.49. The maximum absolute atomic E-state index is 10.6. The van der Waals surface area contributed by atoms with Gasteiger partial charge in [0.05, 0.1) is 6.20 Å². The third kappa shape index (κ3) is 1.54. The topological polar surface area (TPSA) is 45.8 Å². The number of carbonyl (C=O) groups is 1. The summed E-state index contributed by atoms with van der Waals surface area (Å²) in [5, 5.41) is 7.09. The molecule has 0 bridgehead atoms. The molecule has 0 amide bonds. The number of hydrogen-bond acceptors (Lipinski definition) is 2. The van der Waals surface area contributed by atoms with Crippen molar-refractivity contribution in [1.82, 2.24) is 10.2 Å². The molecule has 0 radical (unpaired) electrons. The Morgan fingerprint density at radius 2 is 2.00 bits per heavy atom. The number of aromatic nitrogens is 2. The minimum Gasteiger partial charge on any atom is -0.296 e. The number of rotatable bonds is 2. The van der Waals surface area contributed by atoms with Crippen molar-refractivity contribution in [1.29, 1.82) is 0 Å². The van der Waals surface area contributed by atoms with Crippen LogP contribution in [0.2, 0.25) is 5.02 Å². The van der Waals surface area contributed by atoms with Crippen molar-refractivity contribution in [3.05, 3.63) is 41.2 Å². The van der Waals surface area contributed by atoms with Gasteiger partial charge in [0, 0.05) is 10.6 Å². The second-order valence-corrected chi connectivity index (χ2v) is 3.26. The highest BCUT2D eigenvalue weighted by Crippen LogP contribution is 2.22. The van der Waals surface area contributed by atoms with E-state index in [-0.39, 0.29) is 0 Å². The first-order chi connectivity index (χ1) is 6.81. The Bertz CT molecular complexity index is 447. The molecule has 0 aliphatic heterocycles. The first kappa shape index (κ1) is 8.97. The van der Waals surface area contributed by atoms with Gasteiger partial charge in [0.2, 0.25) is 0 Å². The van der Waals surface area contributed by atoms with E-state index in [0.29, 0.717) is 10.7 Å². The summed E-state index contributed by atoms with van der Waals surface area (Å²) >= 11 is 5.75. The molecule has 0 spiro atoms. The molecule has 0 aliphatic carbocycles. The maximum atomic E-state index is 10.6. The molecule has 3 nitrogen and oxygen atoms in total. The Kier molecular flexibility index (Phi) is 2.33. The van der Waals surface area contributed by atoms with Gasteiger partial charge in [-0.1, -0.05) is 23.7 Å². The van der Waals surface area contributed by atoms with Crippen LogP contribution >= 0.6 is 11.6 Å². The van der Waals surface area contributed by atoms with Crippen LogP contribution in [0.15, 0.2) is 30.5 Å². The fourth-order valence-electron chi connectivity index (χ4n) is 1.25. The lowest BCUT2D eigenvalue weighted by molar-refractivity contribution is 0.111. The summed E-state index contributed by atoms with van der Waals surface area (Å²) in [5.41, 5.74) is 2.19. The zero-order valence-electron chi connectivity index (χ0n) is 7.20. The van der Waals surface area contributed by atoms with E-state index in [1.807, 2.05) is 12.1 Å². The molecule has 1 heterocycles. The minimum absolute atomic E-state index is 0.479. The van der Waals surface area contributed by atoms with Crippen molar-refractivity contribution in [2.45, 2.75) is 0 Å². The quantitative estimate of drug-likeness (QED) is 0.768. The number of hydrogen-bond donors (Lipinski definition) is 1. The van der Waals surface area contributed by atoms with Crippen LogP contribution in [0.3, 0.4) is 0 Å². The van der Waals surface area contributed by atoms with Gasteiger partial charge < -0.3 is 0 Å². The summed E-state index contributed by atoms with van der Waals surface area (Å²) in [6.45, 7) is 0. The molecular weight excluding hydrogens is 200 g/mol. The average molecular weight is 207 g/mol. The molecule has 1 aromatic carbocycles. The van der Waals surface area contributed by atoms with Gasteiger partial charge in [-0.3, -0.25) is 9.89 Å². The van der Waals surface area contributed by atoms with E-state index in [1.54, 1.807) is 18.3 Å². The second kappa shape index (κ2) is 3.64. The molecule has 2 aromatic rings. The van der Waals surface area contributed by atoms with Gasteiger partial charge in [-0.05, 0) is 17.7 Å². The largest absolute Gasteiger partial charge is 0.296 e. The Morgan fingerprint density at radius 1 is 1.29 bits per heavy atom. The molecule has 0 aliphatic rings. The number of benzene rings is 1. The fraction of sp³-hybridized carbons (Fsp3) is 0. The van der Waals surface area contributed by atoms with Crippen LogP contribution in [-0.4, -0.2) is 16.5 Å². The zero-order valence-corrected chi connectivity index (χ0v) is 7.95. The predicted molar refractivity (Wildman–Crippen MR) is 54.4 cm³/mol. The molecule has 1 aromatic heterocycles. The third-order valence-corrected chi connectivity index (χ3v) is 2.19. The van der Waals surface area contributed by atoms with Crippen molar-refractivity contribution in [2.24, 2.45) is 0 Å². The number of carbonyl (C=O) groups excluding carboxylic acids is 1. The molecule has 70 valence electrons. The number of nitrogens with one attached hydrogen (secondary N) is 1. The number of aromatic amines is 1. The van der Waals surface area contributed by atoms with Crippen molar-refractivity contribution in [3.63, 3.8) is 0 Å². The molecular formula is C10H7ClN2O. The van der Waals surface area contributed by atoms with Crippen LogP contribution in [0.25, 0.3) is 11.1 Å². The van der Waals surface area contributed by atoms with Gasteiger partial charge in [-0.25, -0.2) is 0 Å². The van der Waals surface area contributed by atoms with E-state index in [2.05, 4.69) is 10.2 Å². The van der Waals surface area contributed by atoms with Crippen LogP contribution in [-0.2, 0) is 0 Å². The fourth-order valence-corrected chi connectivity index (χ4v) is 1.37. The van der Waals surface area contributed by atoms with Gasteiger partial charge in [-0.2, -0.15) is 5.10 Å². The molecule has 1 N–H and O–H groups in total. The summed E-state index contributed by atoms with van der Waals surface area (Å²) in [5.74, 6) is 0. The van der Waals surface area contributed by atoms with Crippen LogP contribution in [0.5, 0.6) is 0 Å². The van der Waals surface area contributed by atoms with Crippen molar-refractivity contribution < 1.29 is 4.79 Å². The normalized spacial score (nSPS) is 10.1. The summed E-state index contributed by atoms with van der Waals surface area (Å²) in [4.78, 5) is 10.6. The first-order valence-electron chi connectivity index (χ1n) is 4.06. The van der Waals surface area contributed by atoms with Crippen molar-refractivity contribution >= 4 is 17.9 Å². The molecule has 0 saturated heterocycles. The number of halogens is 1. The van der Waals surface area contributed by atoms with E-state index in [0.717, 1.165) is 17.4 Å². The lowest BCUT2D eigenvalue weighted by Crippen LogP contribution is -1.83. The molecule has 0 atom stereocenters. The molecule has 0 fully saturated rings. The highest BCUT2D eigenvalue weighted by molar-refractivity contribution is 6.30. The predicted octanol–water partition coefficient (Wildman–Crippen LogP) is 2.54. The summed E-state index contributed by atoms with van der Waals surface area (Å²) < 4.78 is 0. The van der Waals surface area contributed by atoms with Gasteiger partial charge in [0.25, 0.3) is 0 Å². The summed E-state index contributed by atoms with van der Waals surface area (Å²) in [6.07, 6.45) is 2.36. The SMILES string of the molecule is O=Cc1[nH]ncc1-c1ccc(Cl)cc1. The number of H-pyrrole nitrogens is 1. The second-order valence-electron chi connectivity index (χ2n) is 2.82. The first-order valence-corrected chi connectivity index (χ1v) is 4.43. The third-order valence-electron chi connectivity index (χ3n) is 1.94. The average Bonchev–Trinajstić information content (AvgIpc) is 2.67. The van der Waals surface area contributed by atoms with Gasteiger partial charge in [0.15, 0.2) is 6.29 Å². The molecule has 0 unspecified atom stereocenters. The molecule has 4 heteroatoms. The van der Waals surface area contributed by atoms with Crippen LogP contribution in [0.4, 0.5) is 0 Å². The van der Waals surface area contributed by atoms with Crippen LogP contribution in [0.1, 0.15) is 10.5 Å². The minimum atomic E-state index is 0.479. The summed E-state index contributed by atoms with van der Waals surface area (Å²) in [6, 6.07) is 7.25. The summed E-state index contributed by atoms with van der Waals surface area (Å²) in [7, 11) is 0. The maximum Gasteiger partial charge on any atom is 0.168 e. The van der Waals surface area contributed by atoms with E-state index < -0.39 is 0 Å². The number of nitrogens with zero attached hydrogens (tertiary/aromatic N) is 1. The lowest BCUT2D eigenvalue weighted by atomic mass is 10.1. The van der Waals surface area contributed by atoms with Crippen molar-refractivity contribution in [2.75, 3.05) is 0 Å². The van der Waals surface area contributed by atoms with Crippen molar-refractivity contribution in [3.8, 4) is 11.1 Å². The van der Waals surface area contributed by atoms with E-state index in [9.17, 15) is 4.79 Å². The van der Waals surface area contributed by atoms with Gasteiger partial charge in [-0.15, -0.1) is 0 Å². The van der Waals surface area contributed by atoms with E-state index in [4.69, 9.17) is 11.6 Å². The molecule has 14 heavy (non-hydrogen) atoms. The van der Waals surface area contributed by atoms with Gasteiger partial charge in [0.1, 0.15) is 5.69 Å². The van der Waals surface area contributed by atoms with Gasteiger partial charge >= 0.3 is 0 Å². The molecule has 2 rings (SSSR count). The zero-order chi connectivity index (χ0) is 9.97. The smallest absolute Gasteiger partial charge is 0.168 e. The Labute approximate surface area is 85.7 Å².